The summed E-state index contributed by atoms with van der Waals surface area (Å²) < 4.78 is 17.1. The van der Waals surface area contributed by atoms with E-state index in [2.05, 4.69) is 4.90 Å². The van der Waals surface area contributed by atoms with E-state index in [9.17, 15) is 15.3 Å². The number of hydrogen-bond donors (Lipinski definition) is 3. The predicted octanol–water partition coefficient (Wildman–Crippen LogP) is 0.656. The van der Waals surface area contributed by atoms with Gasteiger partial charge >= 0.3 is 0 Å². The first kappa shape index (κ1) is 16.8. The van der Waals surface area contributed by atoms with Crippen LogP contribution in [0.5, 0.6) is 11.5 Å². The van der Waals surface area contributed by atoms with E-state index in [0.29, 0.717) is 25.0 Å². The molecule has 2 bridgehead atoms. The Labute approximate surface area is 152 Å². The molecule has 2 saturated heterocycles. The topological polar surface area (TPSA) is 91.6 Å². The monoisotopic (exact) mass is 363 g/mol. The lowest BCUT2D eigenvalue weighted by Gasteiger charge is -2.60. The molecule has 3 fully saturated rings. The number of benzene rings is 1. The van der Waals surface area contributed by atoms with Crippen molar-refractivity contribution in [2.45, 2.75) is 54.3 Å². The zero-order valence-electron chi connectivity index (χ0n) is 15.2. The molecule has 7 nitrogen and oxygen atoms in total. The van der Waals surface area contributed by atoms with Crippen LogP contribution in [0.2, 0.25) is 0 Å². The standard InChI is InChI=1S/C19H25NO6/c1-20-7-6-17-8-11(21)16(25-3)19(23)18(17,20)9-13(26-19)10-4-5-12(24-2)15(22)14(10)17/h4-5,11,13,16,21-23H,6-9H2,1-3H3/t11-,13+,16-,17+,18-,19-/m0/s1. The minimum atomic E-state index is -1.66. The summed E-state index contributed by atoms with van der Waals surface area (Å²) >= 11 is 0. The lowest BCUT2D eigenvalue weighted by molar-refractivity contribution is -0.328. The Morgan fingerprint density at radius 2 is 2.04 bits per heavy atom. The van der Waals surface area contributed by atoms with Gasteiger partial charge in [-0.15, -0.1) is 0 Å². The number of hydrogen-bond acceptors (Lipinski definition) is 7. The molecule has 0 radical (unpaired) electrons. The summed E-state index contributed by atoms with van der Waals surface area (Å²) in [7, 11) is 4.99. The van der Waals surface area contributed by atoms with Gasteiger partial charge in [-0.3, -0.25) is 4.90 Å². The minimum absolute atomic E-state index is 0.0882. The maximum Gasteiger partial charge on any atom is 0.215 e. The quantitative estimate of drug-likeness (QED) is 0.711. The van der Waals surface area contributed by atoms with Gasteiger partial charge in [0.15, 0.2) is 11.5 Å². The number of phenols is 1. The number of aliphatic hydroxyl groups excluding tert-OH is 1. The molecule has 2 heterocycles. The molecule has 1 aromatic carbocycles. The first-order valence-electron chi connectivity index (χ1n) is 9.09. The van der Waals surface area contributed by atoms with Crippen molar-refractivity contribution in [2.75, 3.05) is 27.8 Å². The van der Waals surface area contributed by atoms with Crippen LogP contribution in [0.15, 0.2) is 12.1 Å². The third-order valence-electron chi connectivity index (χ3n) is 7.48. The summed E-state index contributed by atoms with van der Waals surface area (Å²) in [5, 5.41) is 33.7. The van der Waals surface area contributed by atoms with Gasteiger partial charge in [0.1, 0.15) is 6.10 Å². The Kier molecular flexibility index (Phi) is 3.17. The molecule has 2 aliphatic carbocycles. The maximum atomic E-state index is 11.8. The number of rotatable bonds is 2. The van der Waals surface area contributed by atoms with Gasteiger partial charge in [0.25, 0.3) is 0 Å². The molecule has 4 aliphatic rings. The van der Waals surface area contributed by atoms with Crippen molar-refractivity contribution in [2.24, 2.45) is 0 Å². The molecule has 3 N–H and O–H groups in total. The number of phenolic OH excluding ortho intramolecular Hbond substituents is 1. The van der Waals surface area contributed by atoms with Gasteiger partial charge in [-0.2, -0.15) is 0 Å². The van der Waals surface area contributed by atoms with Crippen molar-refractivity contribution >= 4 is 0 Å². The summed E-state index contributed by atoms with van der Waals surface area (Å²) in [5.74, 6) is -1.17. The van der Waals surface area contributed by atoms with Crippen molar-refractivity contribution in [1.29, 1.82) is 0 Å². The third kappa shape index (κ3) is 1.48. The SMILES string of the molecule is COc1ccc2c(c1O)[C@]13CCN(C)[C@@]14C[C@H]2O[C@@]4(O)[C@@H](OC)[C@@H](O)C3. The Balaban J connectivity index is 1.86. The van der Waals surface area contributed by atoms with Crippen LogP contribution >= 0.6 is 0 Å². The van der Waals surface area contributed by atoms with E-state index in [1.807, 2.05) is 13.1 Å². The largest absolute Gasteiger partial charge is 0.504 e. The van der Waals surface area contributed by atoms with Crippen LogP contribution in [0.4, 0.5) is 0 Å². The molecule has 5 rings (SSSR count). The molecule has 0 amide bonds. The molecule has 142 valence electrons. The van der Waals surface area contributed by atoms with E-state index in [-0.39, 0.29) is 11.9 Å². The average molecular weight is 363 g/mol. The normalized spacial score (nSPS) is 46.1. The Morgan fingerprint density at radius 3 is 2.73 bits per heavy atom. The number of methoxy groups -OCH3 is 2. The number of nitrogens with zero attached hydrogens (tertiary/aromatic N) is 1. The number of aliphatic hydroxyl groups is 2. The Hall–Kier alpha value is -1.38. The summed E-state index contributed by atoms with van der Waals surface area (Å²) in [5.41, 5.74) is 0.226. The second-order valence-corrected chi connectivity index (χ2v) is 8.13. The van der Waals surface area contributed by atoms with Gasteiger partial charge in [0.2, 0.25) is 5.79 Å². The highest BCUT2D eigenvalue weighted by Crippen LogP contribution is 2.72. The maximum absolute atomic E-state index is 11.8. The van der Waals surface area contributed by atoms with Crippen LogP contribution in [-0.4, -0.2) is 71.6 Å². The first-order chi connectivity index (χ1) is 12.4. The molecule has 1 saturated carbocycles. The molecule has 1 aromatic rings. The second-order valence-electron chi connectivity index (χ2n) is 8.13. The lowest BCUT2D eigenvalue weighted by atomic mass is 9.50. The van der Waals surface area contributed by atoms with Crippen LogP contribution in [-0.2, 0) is 14.9 Å². The fourth-order valence-corrected chi connectivity index (χ4v) is 6.61. The van der Waals surface area contributed by atoms with Crippen LogP contribution < -0.4 is 4.74 Å². The van der Waals surface area contributed by atoms with E-state index in [4.69, 9.17) is 14.2 Å². The van der Waals surface area contributed by atoms with E-state index in [1.165, 1.54) is 14.2 Å². The van der Waals surface area contributed by atoms with Gasteiger partial charge in [0, 0.05) is 24.5 Å². The molecule has 6 atom stereocenters. The van der Waals surface area contributed by atoms with Crippen molar-refractivity contribution < 1.29 is 29.5 Å². The number of fused-ring (bicyclic) bond motifs is 3. The van der Waals surface area contributed by atoms with Gasteiger partial charge in [0.05, 0.1) is 24.9 Å². The zero-order chi connectivity index (χ0) is 18.5. The lowest BCUT2D eigenvalue weighted by Crippen LogP contribution is -2.77. The predicted molar refractivity (Wildman–Crippen MR) is 91.1 cm³/mol. The smallest absolute Gasteiger partial charge is 0.215 e. The second kappa shape index (κ2) is 4.91. The Bertz CT molecular complexity index is 786. The molecule has 7 heteroatoms. The summed E-state index contributed by atoms with van der Waals surface area (Å²) in [6.45, 7) is 0.734. The molecule has 0 aromatic heterocycles. The number of ether oxygens (including phenoxy) is 3. The summed E-state index contributed by atoms with van der Waals surface area (Å²) in [6.07, 6.45) is -0.418. The molecular formula is C19H25NO6. The van der Waals surface area contributed by atoms with Crippen LogP contribution in [0.1, 0.15) is 36.5 Å². The van der Waals surface area contributed by atoms with Gasteiger partial charge in [-0.05, 0) is 38.1 Å². The minimum Gasteiger partial charge on any atom is -0.504 e. The van der Waals surface area contributed by atoms with E-state index < -0.39 is 28.9 Å². The number of likely N-dealkylation sites (N-methyl/N-ethyl adjacent to an activating group) is 1. The third-order valence-corrected chi connectivity index (χ3v) is 7.48. The van der Waals surface area contributed by atoms with Crippen LogP contribution in [0, 0.1) is 0 Å². The van der Waals surface area contributed by atoms with Crippen LogP contribution in [0.25, 0.3) is 0 Å². The molecular weight excluding hydrogens is 338 g/mol. The molecule has 2 aliphatic heterocycles. The van der Waals surface area contributed by atoms with Crippen molar-refractivity contribution in [3.8, 4) is 11.5 Å². The van der Waals surface area contributed by atoms with E-state index in [0.717, 1.165) is 17.7 Å². The average Bonchev–Trinajstić information content (AvgIpc) is 3.07. The molecule has 26 heavy (non-hydrogen) atoms. The zero-order valence-corrected chi connectivity index (χ0v) is 15.2. The highest BCUT2D eigenvalue weighted by atomic mass is 16.7. The molecule has 0 unspecified atom stereocenters. The van der Waals surface area contributed by atoms with Crippen molar-refractivity contribution in [3.63, 3.8) is 0 Å². The Morgan fingerprint density at radius 1 is 1.27 bits per heavy atom. The summed E-state index contributed by atoms with van der Waals surface area (Å²) in [4.78, 5) is 2.13. The van der Waals surface area contributed by atoms with Gasteiger partial charge < -0.3 is 29.5 Å². The highest BCUT2D eigenvalue weighted by molar-refractivity contribution is 5.60. The summed E-state index contributed by atoms with van der Waals surface area (Å²) in [6, 6.07) is 3.64. The van der Waals surface area contributed by atoms with E-state index in [1.54, 1.807) is 6.07 Å². The highest BCUT2D eigenvalue weighted by Gasteiger charge is 2.81. The fourth-order valence-electron chi connectivity index (χ4n) is 6.61. The van der Waals surface area contributed by atoms with Crippen molar-refractivity contribution in [1.82, 2.24) is 4.90 Å². The number of aromatic hydroxyl groups is 1. The molecule has 1 spiro atoms. The van der Waals surface area contributed by atoms with E-state index >= 15 is 0 Å². The van der Waals surface area contributed by atoms with Crippen molar-refractivity contribution in [3.05, 3.63) is 23.3 Å². The first-order valence-corrected chi connectivity index (χ1v) is 9.09. The van der Waals surface area contributed by atoms with Crippen LogP contribution in [0.3, 0.4) is 0 Å². The van der Waals surface area contributed by atoms with Gasteiger partial charge in [-0.25, -0.2) is 0 Å². The number of likely N-dealkylation sites (tertiary alicyclic amines) is 1. The van der Waals surface area contributed by atoms with Gasteiger partial charge in [-0.1, -0.05) is 6.07 Å². The fraction of sp³-hybridized carbons (Fsp3) is 0.684.